The number of hydrogen-bond acceptors (Lipinski definition) is 4. The van der Waals surface area contributed by atoms with Crippen molar-refractivity contribution >= 4 is 16.9 Å². The van der Waals surface area contributed by atoms with Gasteiger partial charge in [-0.05, 0) is 25.0 Å². The topological polar surface area (TPSA) is 49.6 Å². The van der Waals surface area contributed by atoms with Gasteiger partial charge in [0.15, 0.2) is 5.58 Å². The van der Waals surface area contributed by atoms with Gasteiger partial charge in [0, 0.05) is 44.0 Å². The van der Waals surface area contributed by atoms with Crippen molar-refractivity contribution < 1.29 is 9.32 Å². The second kappa shape index (κ2) is 5.72. The fourth-order valence-corrected chi connectivity index (χ4v) is 3.30. The van der Waals surface area contributed by atoms with Gasteiger partial charge < -0.3 is 9.42 Å². The number of benzene rings is 1. The maximum Gasteiger partial charge on any atom is 0.225 e. The molecule has 5 heteroatoms. The first-order valence-electron chi connectivity index (χ1n) is 8.16. The first kappa shape index (κ1) is 13.8. The summed E-state index contributed by atoms with van der Waals surface area (Å²) in [7, 11) is 0. The van der Waals surface area contributed by atoms with Gasteiger partial charge in [-0.25, -0.2) is 0 Å². The zero-order chi connectivity index (χ0) is 14.9. The highest BCUT2D eigenvalue weighted by Crippen LogP contribution is 2.28. The molecule has 5 nitrogen and oxygen atoms in total. The van der Waals surface area contributed by atoms with E-state index in [0.29, 0.717) is 11.8 Å². The molecule has 1 aliphatic heterocycles. The average molecular weight is 299 g/mol. The number of rotatable bonds is 3. The van der Waals surface area contributed by atoms with E-state index in [4.69, 9.17) is 4.52 Å². The van der Waals surface area contributed by atoms with Crippen molar-refractivity contribution in [3.05, 3.63) is 30.0 Å². The number of nitrogens with zero attached hydrogens (tertiary/aromatic N) is 3. The lowest BCUT2D eigenvalue weighted by Gasteiger charge is -2.38. The van der Waals surface area contributed by atoms with Gasteiger partial charge in [0.1, 0.15) is 5.69 Å². The Hall–Kier alpha value is -1.88. The molecule has 116 valence electrons. The summed E-state index contributed by atoms with van der Waals surface area (Å²) < 4.78 is 5.36. The standard InChI is InChI=1S/C17H21N3O2/c21-17(13-4-3-5-13)20-10-8-19(9-11-20)12-15-14-6-1-2-7-16(14)22-18-15/h1-2,6-7,13H,3-5,8-12H2. The molecule has 0 radical (unpaired) electrons. The van der Waals surface area contributed by atoms with E-state index in [9.17, 15) is 4.79 Å². The molecule has 1 amide bonds. The third-order valence-electron chi connectivity index (χ3n) is 4.96. The van der Waals surface area contributed by atoms with Crippen molar-refractivity contribution in [3.8, 4) is 0 Å². The number of piperazine rings is 1. The predicted molar refractivity (Wildman–Crippen MR) is 83.2 cm³/mol. The highest BCUT2D eigenvalue weighted by Gasteiger charge is 2.31. The van der Waals surface area contributed by atoms with Crippen LogP contribution in [0.2, 0.25) is 0 Å². The summed E-state index contributed by atoms with van der Waals surface area (Å²) in [5.41, 5.74) is 1.84. The minimum absolute atomic E-state index is 0.311. The van der Waals surface area contributed by atoms with E-state index in [1.165, 1.54) is 6.42 Å². The molecule has 22 heavy (non-hydrogen) atoms. The summed E-state index contributed by atoms with van der Waals surface area (Å²) in [6, 6.07) is 7.97. The van der Waals surface area contributed by atoms with Crippen molar-refractivity contribution in [3.63, 3.8) is 0 Å². The molecule has 0 spiro atoms. The van der Waals surface area contributed by atoms with Crippen LogP contribution in [0.5, 0.6) is 0 Å². The molecule has 2 fully saturated rings. The number of carbonyl (C=O) groups is 1. The first-order chi connectivity index (χ1) is 10.8. The van der Waals surface area contributed by atoms with E-state index in [0.717, 1.165) is 62.2 Å². The zero-order valence-electron chi connectivity index (χ0n) is 12.7. The van der Waals surface area contributed by atoms with Crippen LogP contribution in [0.4, 0.5) is 0 Å². The molecule has 0 N–H and O–H groups in total. The van der Waals surface area contributed by atoms with Gasteiger partial charge in [0.2, 0.25) is 5.91 Å². The minimum Gasteiger partial charge on any atom is -0.356 e. The second-order valence-corrected chi connectivity index (χ2v) is 6.35. The summed E-state index contributed by atoms with van der Waals surface area (Å²) in [6.07, 6.45) is 3.39. The molecular formula is C17H21N3O2. The van der Waals surface area contributed by atoms with Gasteiger partial charge in [-0.15, -0.1) is 0 Å². The lowest BCUT2D eigenvalue weighted by Crippen LogP contribution is -2.50. The largest absolute Gasteiger partial charge is 0.356 e. The van der Waals surface area contributed by atoms with E-state index in [1.807, 2.05) is 23.1 Å². The fourth-order valence-electron chi connectivity index (χ4n) is 3.30. The molecule has 1 aromatic heterocycles. The Morgan fingerprint density at radius 1 is 1.18 bits per heavy atom. The van der Waals surface area contributed by atoms with Crippen LogP contribution in [0.15, 0.2) is 28.8 Å². The molecule has 1 aliphatic carbocycles. The fraction of sp³-hybridized carbons (Fsp3) is 0.529. The molecular weight excluding hydrogens is 278 g/mol. The van der Waals surface area contributed by atoms with Crippen LogP contribution in [0.3, 0.4) is 0 Å². The lowest BCUT2D eigenvalue weighted by molar-refractivity contribution is -0.140. The van der Waals surface area contributed by atoms with Crippen LogP contribution in [0, 0.1) is 5.92 Å². The molecule has 1 saturated heterocycles. The van der Waals surface area contributed by atoms with Crippen LogP contribution >= 0.6 is 0 Å². The highest BCUT2D eigenvalue weighted by atomic mass is 16.5. The smallest absolute Gasteiger partial charge is 0.225 e. The van der Waals surface area contributed by atoms with Gasteiger partial charge in [-0.1, -0.05) is 23.7 Å². The number of carbonyl (C=O) groups excluding carboxylic acids is 1. The van der Waals surface area contributed by atoms with Gasteiger partial charge in [-0.2, -0.15) is 0 Å². The lowest BCUT2D eigenvalue weighted by atomic mass is 9.84. The molecule has 2 aliphatic rings. The molecule has 1 saturated carbocycles. The van der Waals surface area contributed by atoms with E-state index in [2.05, 4.69) is 16.1 Å². The Kier molecular flexibility index (Phi) is 3.58. The Bertz CT molecular complexity index is 669. The summed E-state index contributed by atoms with van der Waals surface area (Å²) >= 11 is 0. The molecule has 2 heterocycles. The van der Waals surface area contributed by atoms with Crippen LogP contribution in [0.25, 0.3) is 11.0 Å². The molecule has 1 aromatic carbocycles. The number of amides is 1. The summed E-state index contributed by atoms with van der Waals surface area (Å²) in [5, 5.41) is 5.29. The number of aromatic nitrogens is 1. The average Bonchev–Trinajstić information content (AvgIpc) is 2.90. The normalized spacial score (nSPS) is 20.3. The van der Waals surface area contributed by atoms with Crippen molar-refractivity contribution in [2.24, 2.45) is 5.92 Å². The third kappa shape index (κ3) is 2.50. The van der Waals surface area contributed by atoms with E-state index in [1.54, 1.807) is 0 Å². The zero-order valence-corrected chi connectivity index (χ0v) is 12.7. The predicted octanol–water partition coefficient (Wildman–Crippen LogP) is 2.27. The Labute approximate surface area is 129 Å². The van der Waals surface area contributed by atoms with E-state index in [-0.39, 0.29) is 0 Å². The monoisotopic (exact) mass is 299 g/mol. The molecule has 0 unspecified atom stereocenters. The minimum atomic E-state index is 0.311. The van der Waals surface area contributed by atoms with Gasteiger partial charge in [0.25, 0.3) is 0 Å². The van der Waals surface area contributed by atoms with Crippen molar-refractivity contribution in [1.29, 1.82) is 0 Å². The number of hydrogen-bond donors (Lipinski definition) is 0. The maximum absolute atomic E-state index is 12.3. The molecule has 0 bridgehead atoms. The van der Waals surface area contributed by atoms with Crippen LogP contribution < -0.4 is 0 Å². The second-order valence-electron chi connectivity index (χ2n) is 6.35. The SMILES string of the molecule is O=C(C1CCC1)N1CCN(Cc2noc3ccccc23)CC1. The maximum atomic E-state index is 12.3. The van der Waals surface area contributed by atoms with Gasteiger partial charge in [-0.3, -0.25) is 9.69 Å². The number of fused-ring (bicyclic) bond motifs is 1. The Morgan fingerprint density at radius 2 is 1.95 bits per heavy atom. The van der Waals surface area contributed by atoms with Crippen LogP contribution in [0.1, 0.15) is 25.0 Å². The summed E-state index contributed by atoms with van der Waals surface area (Å²) in [6.45, 7) is 4.30. The van der Waals surface area contributed by atoms with E-state index >= 15 is 0 Å². The van der Waals surface area contributed by atoms with Gasteiger partial charge >= 0.3 is 0 Å². The Morgan fingerprint density at radius 3 is 2.68 bits per heavy atom. The van der Waals surface area contributed by atoms with Crippen LogP contribution in [-0.2, 0) is 11.3 Å². The summed E-state index contributed by atoms with van der Waals surface area (Å²) in [4.78, 5) is 16.7. The third-order valence-corrected chi connectivity index (χ3v) is 4.96. The summed E-state index contributed by atoms with van der Waals surface area (Å²) in [5.74, 6) is 0.684. The van der Waals surface area contributed by atoms with Crippen molar-refractivity contribution in [2.75, 3.05) is 26.2 Å². The molecule has 2 aromatic rings. The molecule has 4 rings (SSSR count). The van der Waals surface area contributed by atoms with Crippen LogP contribution in [-0.4, -0.2) is 47.0 Å². The highest BCUT2D eigenvalue weighted by molar-refractivity contribution is 5.80. The van der Waals surface area contributed by atoms with Gasteiger partial charge in [0.05, 0.1) is 0 Å². The van der Waals surface area contributed by atoms with E-state index < -0.39 is 0 Å². The molecule has 0 atom stereocenters. The van der Waals surface area contributed by atoms with Crippen molar-refractivity contribution in [1.82, 2.24) is 15.0 Å². The first-order valence-corrected chi connectivity index (χ1v) is 8.16. The van der Waals surface area contributed by atoms with Crippen molar-refractivity contribution in [2.45, 2.75) is 25.8 Å². The number of para-hydroxylation sites is 1. The Balaban J connectivity index is 1.36. The quantitative estimate of drug-likeness (QED) is 0.872.